The molecule has 2 aromatic carbocycles. The number of carbonyl (C=O) groups is 2. The molecule has 0 heterocycles. The van der Waals surface area contributed by atoms with E-state index in [1.165, 1.54) is 12.1 Å². The van der Waals surface area contributed by atoms with E-state index in [1.54, 1.807) is 12.1 Å². The molecule has 0 aliphatic rings. The summed E-state index contributed by atoms with van der Waals surface area (Å²) in [5.41, 5.74) is 1.20. The molecule has 0 aliphatic heterocycles. The van der Waals surface area contributed by atoms with Gasteiger partial charge in [0.1, 0.15) is 11.9 Å². The molecule has 2 aromatic rings. The lowest BCUT2D eigenvalue weighted by atomic mass is 10.1. The van der Waals surface area contributed by atoms with Crippen molar-refractivity contribution in [2.45, 2.75) is 12.5 Å². The van der Waals surface area contributed by atoms with Gasteiger partial charge >= 0.3 is 5.97 Å². The summed E-state index contributed by atoms with van der Waals surface area (Å²) < 4.78 is 6.00. The molecule has 0 bridgehead atoms. The van der Waals surface area contributed by atoms with Gasteiger partial charge in [-0.05, 0) is 43.4 Å². The topological polar surface area (TPSA) is 75.6 Å². The molecule has 2 N–H and O–H groups in total. The SMILES string of the molecule is CNCCC(Oc1ccc(C(=O)C(=O)O)cc1)c1ccccc1. The van der Waals surface area contributed by atoms with Crippen LogP contribution in [0.25, 0.3) is 0 Å². The monoisotopic (exact) mass is 313 g/mol. The van der Waals surface area contributed by atoms with Crippen LogP contribution in [-0.2, 0) is 4.79 Å². The van der Waals surface area contributed by atoms with Crippen molar-refractivity contribution in [2.75, 3.05) is 13.6 Å². The number of ether oxygens (including phenoxy) is 1. The first-order valence-corrected chi connectivity index (χ1v) is 7.35. The summed E-state index contributed by atoms with van der Waals surface area (Å²) in [6, 6.07) is 16.0. The summed E-state index contributed by atoms with van der Waals surface area (Å²) in [5, 5.41) is 11.8. The summed E-state index contributed by atoms with van der Waals surface area (Å²) >= 11 is 0. The van der Waals surface area contributed by atoms with Gasteiger partial charge in [0.2, 0.25) is 0 Å². The van der Waals surface area contributed by atoms with Crippen molar-refractivity contribution in [2.24, 2.45) is 0 Å². The van der Waals surface area contributed by atoms with Crippen LogP contribution in [0.4, 0.5) is 0 Å². The Balaban J connectivity index is 2.13. The van der Waals surface area contributed by atoms with Gasteiger partial charge in [-0.15, -0.1) is 0 Å². The van der Waals surface area contributed by atoms with Gasteiger partial charge in [0.15, 0.2) is 0 Å². The van der Waals surface area contributed by atoms with Crippen LogP contribution in [0.1, 0.15) is 28.4 Å². The summed E-state index contributed by atoms with van der Waals surface area (Å²) in [4.78, 5) is 22.1. The quantitative estimate of drug-likeness (QED) is 0.579. The predicted molar refractivity (Wildman–Crippen MR) is 86.8 cm³/mol. The number of Topliss-reactive ketones (excluding diaryl/α,β-unsaturated/α-hetero) is 1. The number of carbonyl (C=O) groups excluding carboxylic acids is 1. The number of aliphatic carboxylic acids is 1. The standard InChI is InChI=1S/C18H19NO4/c1-19-12-11-16(13-5-3-2-4-6-13)23-15-9-7-14(8-10-15)17(20)18(21)22/h2-10,16,19H,11-12H2,1H3,(H,21,22). The van der Waals surface area contributed by atoms with E-state index < -0.39 is 11.8 Å². The van der Waals surface area contributed by atoms with Crippen molar-refractivity contribution in [3.63, 3.8) is 0 Å². The Labute approximate surface area is 134 Å². The zero-order valence-corrected chi connectivity index (χ0v) is 12.9. The Hall–Kier alpha value is -2.66. The smallest absolute Gasteiger partial charge is 0.377 e. The van der Waals surface area contributed by atoms with Gasteiger partial charge in [-0.25, -0.2) is 4.79 Å². The highest BCUT2D eigenvalue weighted by atomic mass is 16.5. The fourth-order valence-electron chi connectivity index (χ4n) is 2.21. The maximum absolute atomic E-state index is 11.4. The number of benzene rings is 2. The molecule has 5 heteroatoms. The van der Waals surface area contributed by atoms with Crippen molar-refractivity contribution < 1.29 is 19.4 Å². The molecule has 120 valence electrons. The van der Waals surface area contributed by atoms with Crippen LogP contribution >= 0.6 is 0 Å². The van der Waals surface area contributed by atoms with E-state index in [9.17, 15) is 9.59 Å². The van der Waals surface area contributed by atoms with E-state index in [0.717, 1.165) is 18.5 Å². The number of carboxylic acid groups (broad SMARTS) is 1. The lowest BCUT2D eigenvalue weighted by Crippen LogP contribution is -2.16. The van der Waals surface area contributed by atoms with Crippen molar-refractivity contribution in [3.05, 3.63) is 65.7 Å². The number of hydrogen-bond acceptors (Lipinski definition) is 4. The first-order chi connectivity index (χ1) is 11.1. The Bertz CT molecular complexity index is 652. The highest BCUT2D eigenvalue weighted by molar-refractivity contribution is 6.39. The summed E-state index contributed by atoms with van der Waals surface area (Å²) in [5.74, 6) is -1.79. The van der Waals surface area contributed by atoms with Gasteiger partial charge in [-0.2, -0.15) is 0 Å². The zero-order chi connectivity index (χ0) is 16.7. The Morgan fingerprint density at radius 3 is 2.30 bits per heavy atom. The molecular formula is C18H19NO4. The normalized spacial score (nSPS) is 11.7. The van der Waals surface area contributed by atoms with Gasteiger partial charge in [0, 0.05) is 12.0 Å². The number of nitrogens with one attached hydrogen (secondary N) is 1. The molecule has 0 saturated heterocycles. The second kappa shape index (κ2) is 8.10. The predicted octanol–water partition coefficient (Wildman–Crippen LogP) is 2.68. The van der Waals surface area contributed by atoms with Gasteiger partial charge in [-0.1, -0.05) is 30.3 Å². The van der Waals surface area contributed by atoms with Crippen molar-refractivity contribution >= 4 is 11.8 Å². The second-order valence-electron chi connectivity index (χ2n) is 5.07. The molecule has 0 aliphatic carbocycles. The van der Waals surface area contributed by atoms with Crippen LogP contribution in [0, 0.1) is 0 Å². The number of rotatable bonds is 8. The molecule has 0 aromatic heterocycles. The first kappa shape index (κ1) is 16.7. The largest absolute Gasteiger partial charge is 0.486 e. The highest BCUT2D eigenvalue weighted by Gasteiger charge is 2.16. The van der Waals surface area contributed by atoms with E-state index in [4.69, 9.17) is 9.84 Å². The summed E-state index contributed by atoms with van der Waals surface area (Å²) in [6.07, 6.45) is 0.667. The van der Waals surface area contributed by atoms with Crippen LogP contribution in [0.2, 0.25) is 0 Å². The van der Waals surface area contributed by atoms with E-state index >= 15 is 0 Å². The lowest BCUT2D eigenvalue weighted by molar-refractivity contribution is -0.131. The molecular weight excluding hydrogens is 294 g/mol. The van der Waals surface area contributed by atoms with Crippen LogP contribution in [0.15, 0.2) is 54.6 Å². The van der Waals surface area contributed by atoms with Crippen LogP contribution in [-0.4, -0.2) is 30.5 Å². The number of carboxylic acids is 1. The zero-order valence-electron chi connectivity index (χ0n) is 12.9. The van der Waals surface area contributed by atoms with Crippen LogP contribution < -0.4 is 10.1 Å². The lowest BCUT2D eigenvalue weighted by Gasteiger charge is -2.19. The fraction of sp³-hybridized carbons (Fsp3) is 0.222. The summed E-state index contributed by atoms with van der Waals surface area (Å²) in [7, 11) is 1.88. The average molecular weight is 313 g/mol. The molecule has 2 rings (SSSR count). The molecule has 0 amide bonds. The number of ketones is 1. The molecule has 0 spiro atoms. The Morgan fingerprint density at radius 2 is 1.74 bits per heavy atom. The third kappa shape index (κ3) is 4.66. The summed E-state index contributed by atoms with van der Waals surface area (Å²) in [6.45, 7) is 0.801. The van der Waals surface area contributed by atoms with Crippen LogP contribution in [0.5, 0.6) is 5.75 Å². The second-order valence-corrected chi connectivity index (χ2v) is 5.07. The molecule has 0 fully saturated rings. The van der Waals surface area contributed by atoms with Gasteiger partial charge in [0.25, 0.3) is 5.78 Å². The van der Waals surface area contributed by atoms with Crippen molar-refractivity contribution in [3.8, 4) is 5.75 Å². The van der Waals surface area contributed by atoms with Gasteiger partial charge in [-0.3, -0.25) is 4.79 Å². The molecule has 1 atom stereocenters. The highest BCUT2D eigenvalue weighted by Crippen LogP contribution is 2.25. The minimum atomic E-state index is -1.46. The van der Waals surface area contributed by atoms with E-state index in [1.807, 2.05) is 37.4 Å². The Kier molecular flexibility index (Phi) is 5.88. The van der Waals surface area contributed by atoms with E-state index in [0.29, 0.717) is 5.75 Å². The number of hydrogen-bond donors (Lipinski definition) is 2. The molecule has 0 radical (unpaired) electrons. The third-order valence-electron chi connectivity index (χ3n) is 3.42. The van der Waals surface area contributed by atoms with E-state index in [2.05, 4.69) is 5.32 Å². The van der Waals surface area contributed by atoms with Crippen molar-refractivity contribution in [1.82, 2.24) is 5.32 Å². The molecule has 0 saturated carbocycles. The molecule has 5 nitrogen and oxygen atoms in total. The van der Waals surface area contributed by atoms with Crippen molar-refractivity contribution in [1.29, 1.82) is 0 Å². The van der Waals surface area contributed by atoms with Gasteiger partial charge in [0.05, 0.1) is 0 Å². The fourth-order valence-corrected chi connectivity index (χ4v) is 2.21. The maximum Gasteiger partial charge on any atom is 0.377 e. The average Bonchev–Trinajstić information content (AvgIpc) is 2.59. The third-order valence-corrected chi connectivity index (χ3v) is 3.42. The minimum Gasteiger partial charge on any atom is -0.486 e. The first-order valence-electron chi connectivity index (χ1n) is 7.35. The Morgan fingerprint density at radius 1 is 1.09 bits per heavy atom. The molecule has 23 heavy (non-hydrogen) atoms. The molecule has 1 unspecified atom stereocenters. The maximum atomic E-state index is 11.4. The van der Waals surface area contributed by atoms with Crippen LogP contribution in [0.3, 0.4) is 0 Å². The van der Waals surface area contributed by atoms with E-state index in [-0.39, 0.29) is 11.7 Å². The van der Waals surface area contributed by atoms with Gasteiger partial charge < -0.3 is 15.2 Å². The minimum absolute atomic E-state index is 0.121.